The Bertz CT molecular complexity index is 562. The molecule has 18 heavy (non-hydrogen) atoms. The van der Waals surface area contributed by atoms with Crippen LogP contribution in [0.25, 0.3) is 0 Å². The number of benzene rings is 1. The summed E-state index contributed by atoms with van der Waals surface area (Å²) < 4.78 is 0. The maximum atomic E-state index is 12.4. The van der Waals surface area contributed by atoms with Crippen LogP contribution in [0.2, 0.25) is 0 Å². The molecule has 1 heterocycles. The SMILES string of the molecule is O=C1c2ccccc2CC[C@H]1Cc1ccncc1. The lowest BCUT2D eigenvalue weighted by atomic mass is 9.80. The molecule has 0 bridgehead atoms. The number of aryl methyl sites for hydroxylation is 1. The fraction of sp³-hybridized carbons (Fsp3) is 0.250. The van der Waals surface area contributed by atoms with E-state index in [0.29, 0.717) is 5.78 Å². The largest absolute Gasteiger partial charge is 0.294 e. The van der Waals surface area contributed by atoms with Crippen molar-refractivity contribution in [2.75, 3.05) is 0 Å². The van der Waals surface area contributed by atoms with E-state index in [9.17, 15) is 4.79 Å². The first-order valence-corrected chi connectivity index (χ1v) is 6.35. The minimum atomic E-state index is 0.127. The molecule has 0 saturated carbocycles. The molecule has 0 N–H and O–H groups in total. The number of pyridine rings is 1. The van der Waals surface area contributed by atoms with Gasteiger partial charge in [0.05, 0.1) is 0 Å². The summed E-state index contributed by atoms with van der Waals surface area (Å²) in [6.45, 7) is 0. The Labute approximate surface area is 107 Å². The van der Waals surface area contributed by atoms with E-state index in [1.54, 1.807) is 12.4 Å². The standard InChI is InChI=1S/C16H15NO/c18-16-14(11-12-7-9-17-10-8-12)6-5-13-3-1-2-4-15(13)16/h1-4,7-10,14H,5-6,11H2/t14-/m0/s1. The van der Waals surface area contributed by atoms with Gasteiger partial charge >= 0.3 is 0 Å². The van der Waals surface area contributed by atoms with Gasteiger partial charge < -0.3 is 0 Å². The van der Waals surface area contributed by atoms with Crippen LogP contribution < -0.4 is 0 Å². The molecule has 0 aliphatic heterocycles. The third-order valence-electron chi connectivity index (χ3n) is 3.65. The number of hydrogen-bond donors (Lipinski definition) is 0. The number of carbonyl (C=O) groups excluding carboxylic acids is 1. The van der Waals surface area contributed by atoms with Crippen molar-refractivity contribution in [3.05, 3.63) is 65.5 Å². The van der Waals surface area contributed by atoms with E-state index in [2.05, 4.69) is 11.1 Å². The van der Waals surface area contributed by atoms with Crippen LogP contribution in [-0.2, 0) is 12.8 Å². The van der Waals surface area contributed by atoms with Crippen LogP contribution in [0.15, 0.2) is 48.8 Å². The molecule has 1 aromatic carbocycles. The summed E-state index contributed by atoms with van der Waals surface area (Å²) in [6.07, 6.45) is 6.37. The fourth-order valence-electron chi connectivity index (χ4n) is 2.66. The highest BCUT2D eigenvalue weighted by Gasteiger charge is 2.26. The molecule has 0 amide bonds. The summed E-state index contributed by atoms with van der Waals surface area (Å²) in [5.74, 6) is 0.427. The van der Waals surface area contributed by atoms with Crippen molar-refractivity contribution in [2.24, 2.45) is 5.92 Å². The molecule has 90 valence electrons. The van der Waals surface area contributed by atoms with Gasteiger partial charge in [-0.1, -0.05) is 24.3 Å². The lowest BCUT2D eigenvalue weighted by Crippen LogP contribution is -2.24. The number of carbonyl (C=O) groups is 1. The molecule has 0 fully saturated rings. The lowest BCUT2D eigenvalue weighted by Gasteiger charge is -2.23. The monoisotopic (exact) mass is 237 g/mol. The van der Waals surface area contributed by atoms with Crippen LogP contribution in [-0.4, -0.2) is 10.8 Å². The summed E-state index contributed by atoms with van der Waals surface area (Å²) in [5.41, 5.74) is 3.32. The predicted molar refractivity (Wildman–Crippen MR) is 70.5 cm³/mol. The van der Waals surface area contributed by atoms with Gasteiger partial charge in [-0.15, -0.1) is 0 Å². The van der Waals surface area contributed by atoms with Gasteiger partial charge in [0, 0.05) is 23.9 Å². The number of fused-ring (bicyclic) bond motifs is 1. The topological polar surface area (TPSA) is 30.0 Å². The van der Waals surface area contributed by atoms with Crippen LogP contribution in [0.5, 0.6) is 0 Å². The van der Waals surface area contributed by atoms with Crippen LogP contribution in [0.4, 0.5) is 0 Å². The second kappa shape index (κ2) is 4.73. The van der Waals surface area contributed by atoms with Crippen LogP contribution >= 0.6 is 0 Å². The third kappa shape index (κ3) is 2.06. The van der Waals surface area contributed by atoms with Crippen molar-refractivity contribution in [1.82, 2.24) is 4.98 Å². The van der Waals surface area contributed by atoms with E-state index in [-0.39, 0.29) is 5.92 Å². The molecule has 0 saturated heterocycles. The average Bonchev–Trinajstić information content (AvgIpc) is 2.43. The number of rotatable bonds is 2. The summed E-state index contributed by atoms with van der Waals surface area (Å²) >= 11 is 0. The van der Waals surface area contributed by atoms with Gasteiger partial charge in [-0.2, -0.15) is 0 Å². The molecule has 0 spiro atoms. The zero-order chi connectivity index (χ0) is 12.4. The van der Waals surface area contributed by atoms with Crippen molar-refractivity contribution in [1.29, 1.82) is 0 Å². The highest BCUT2D eigenvalue weighted by molar-refractivity contribution is 6.00. The number of ketones is 1. The van der Waals surface area contributed by atoms with E-state index >= 15 is 0 Å². The molecular weight excluding hydrogens is 222 g/mol. The zero-order valence-corrected chi connectivity index (χ0v) is 10.2. The Morgan fingerprint density at radius 2 is 1.89 bits per heavy atom. The van der Waals surface area contributed by atoms with E-state index < -0.39 is 0 Å². The van der Waals surface area contributed by atoms with Crippen LogP contribution in [0, 0.1) is 5.92 Å². The van der Waals surface area contributed by atoms with Crippen molar-refractivity contribution >= 4 is 5.78 Å². The van der Waals surface area contributed by atoms with Crippen LogP contribution in [0.1, 0.15) is 27.9 Å². The number of aromatic nitrogens is 1. The molecule has 1 atom stereocenters. The van der Waals surface area contributed by atoms with Gasteiger partial charge in [0.2, 0.25) is 0 Å². The van der Waals surface area contributed by atoms with E-state index in [1.807, 2.05) is 30.3 Å². The van der Waals surface area contributed by atoms with Crippen molar-refractivity contribution in [3.63, 3.8) is 0 Å². The molecular formula is C16H15NO. The first-order valence-electron chi connectivity index (χ1n) is 6.35. The smallest absolute Gasteiger partial charge is 0.166 e. The number of nitrogens with zero attached hydrogens (tertiary/aromatic N) is 1. The van der Waals surface area contributed by atoms with Crippen LogP contribution in [0.3, 0.4) is 0 Å². The second-order valence-corrected chi connectivity index (χ2v) is 4.82. The normalized spacial score (nSPS) is 18.4. The zero-order valence-electron chi connectivity index (χ0n) is 10.2. The molecule has 2 aromatic rings. The van der Waals surface area contributed by atoms with E-state index in [0.717, 1.165) is 24.8 Å². The van der Waals surface area contributed by atoms with Gasteiger partial charge in [0.25, 0.3) is 0 Å². The molecule has 0 radical (unpaired) electrons. The lowest BCUT2D eigenvalue weighted by molar-refractivity contribution is 0.0901. The van der Waals surface area contributed by atoms with Gasteiger partial charge in [-0.25, -0.2) is 0 Å². The van der Waals surface area contributed by atoms with Gasteiger partial charge in [0.15, 0.2) is 5.78 Å². The second-order valence-electron chi connectivity index (χ2n) is 4.82. The summed E-state index contributed by atoms with van der Waals surface area (Å²) in [4.78, 5) is 16.4. The average molecular weight is 237 g/mol. The Kier molecular flexibility index (Phi) is 2.93. The first-order chi connectivity index (χ1) is 8.84. The predicted octanol–water partition coefficient (Wildman–Crippen LogP) is 3.07. The van der Waals surface area contributed by atoms with E-state index in [1.165, 1.54) is 11.1 Å². The number of hydrogen-bond acceptors (Lipinski definition) is 2. The highest BCUT2D eigenvalue weighted by atomic mass is 16.1. The molecule has 0 unspecified atom stereocenters. The van der Waals surface area contributed by atoms with Crippen molar-refractivity contribution in [2.45, 2.75) is 19.3 Å². The third-order valence-corrected chi connectivity index (χ3v) is 3.65. The van der Waals surface area contributed by atoms with E-state index in [4.69, 9.17) is 0 Å². The Hall–Kier alpha value is -1.96. The first kappa shape index (κ1) is 11.1. The summed E-state index contributed by atoms with van der Waals surface area (Å²) in [5, 5.41) is 0. The number of Topliss-reactive ketones (excluding diaryl/α,β-unsaturated/α-hetero) is 1. The summed E-state index contributed by atoms with van der Waals surface area (Å²) in [7, 11) is 0. The van der Waals surface area contributed by atoms with Gasteiger partial charge in [-0.3, -0.25) is 9.78 Å². The maximum Gasteiger partial charge on any atom is 0.166 e. The molecule has 3 rings (SSSR count). The van der Waals surface area contributed by atoms with Gasteiger partial charge in [-0.05, 0) is 42.5 Å². The molecule has 2 heteroatoms. The fourth-order valence-corrected chi connectivity index (χ4v) is 2.66. The highest BCUT2D eigenvalue weighted by Crippen LogP contribution is 2.27. The van der Waals surface area contributed by atoms with Gasteiger partial charge in [0.1, 0.15) is 0 Å². The molecule has 1 aliphatic carbocycles. The Morgan fingerprint density at radius 3 is 2.72 bits per heavy atom. The molecule has 2 nitrogen and oxygen atoms in total. The quantitative estimate of drug-likeness (QED) is 0.803. The summed E-state index contributed by atoms with van der Waals surface area (Å²) in [6, 6.07) is 12.0. The molecule has 1 aromatic heterocycles. The Balaban J connectivity index is 1.83. The van der Waals surface area contributed by atoms with Crippen molar-refractivity contribution < 1.29 is 4.79 Å². The Morgan fingerprint density at radius 1 is 1.11 bits per heavy atom. The molecule has 1 aliphatic rings. The van der Waals surface area contributed by atoms with Crippen molar-refractivity contribution in [3.8, 4) is 0 Å². The maximum absolute atomic E-state index is 12.4. The minimum Gasteiger partial charge on any atom is -0.294 e. The minimum absolute atomic E-state index is 0.127.